The minimum absolute atomic E-state index is 0.186. The lowest BCUT2D eigenvalue weighted by Crippen LogP contribution is -2.40. The number of carbonyl (C=O) groups excluding carboxylic acids is 2. The van der Waals surface area contributed by atoms with Crippen LogP contribution in [-0.2, 0) is 19.1 Å². The van der Waals surface area contributed by atoms with Crippen LogP contribution < -0.4 is 14.9 Å². The Morgan fingerprint density at radius 2 is 2.00 bits per heavy atom. The molecule has 1 unspecified atom stereocenters. The number of thiazole rings is 1. The summed E-state index contributed by atoms with van der Waals surface area (Å²) in [7, 11) is 1.24. The van der Waals surface area contributed by atoms with Crippen molar-refractivity contribution in [2.24, 2.45) is 4.99 Å². The summed E-state index contributed by atoms with van der Waals surface area (Å²) in [6, 6.07) is 6.60. The van der Waals surface area contributed by atoms with E-state index in [1.807, 2.05) is 24.3 Å². The number of fused-ring (bicyclic) bond motifs is 1. The molecule has 1 aliphatic rings. The number of benzene rings is 1. The van der Waals surface area contributed by atoms with E-state index < -0.39 is 23.5 Å². The molecule has 0 radical (unpaired) electrons. The van der Waals surface area contributed by atoms with Crippen molar-refractivity contribution in [2.75, 3.05) is 13.7 Å². The van der Waals surface area contributed by atoms with E-state index in [0.717, 1.165) is 27.4 Å². The fraction of sp³-hybridized carbons (Fsp3) is 0.263. The highest BCUT2D eigenvalue weighted by atomic mass is 79.9. The van der Waals surface area contributed by atoms with Gasteiger partial charge in [0.05, 0.1) is 31.0 Å². The first-order chi connectivity index (χ1) is 13.4. The third kappa shape index (κ3) is 3.72. The van der Waals surface area contributed by atoms with Gasteiger partial charge in [-0.25, -0.2) is 14.6 Å². The molecule has 7 nitrogen and oxygen atoms in total. The van der Waals surface area contributed by atoms with Crippen molar-refractivity contribution in [1.82, 2.24) is 4.57 Å². The first-order valence-corrected chi connectivity index (χ1v) is 10.0. The summed E-state index contributed by atoms with van der Waals surface area (Å²) in [6.45, 7) is 3.62. The molecule has 0 saturated heterocycles. The van der Waals surface area contributed by atoms with E-state index in [2.05, 4.69) is 25.7 Å². The molecule has 1 aliphatic heterocycles. The Kier molecular flexibility index (Phi) is 5.95. The van der Waals surface area contributed by atoms with Crippen LogP contribution in [0.3, 0.4) is 0 Å². The van der Waals surface area contributed by atoms with Gasteiger partial charge < -0.3 is 9.47 Å². The number of methoxy groups -OCH3 is 1. The lowest BCUT2D eigenvalue weighted by atomic mass is 9.96. The van der Waals surface area contributed by atoms with Gasteiger partial charge in [-0.15, -0.1) is 0 Å². The van der Waals surface area contributed by atoms with Gasteiger partial charge in [0, 0.05) is 10.5 Å². The first kappa shape index (κ1) is 20.2. The largest absolute Gasteiger partial charge is 0.466 e. The Morgan fingerprint density at radius 3 is 2.61 bits per heavy atom. The molecule has 28 heavy (non-hydrogen) atoms. The summed E-state index contributed by atoms with van der Waals surface area (Å²) in [5.41, 5.74) is 1.07. The van der Waals surface area contributed by atoms with Gasteiger partial charge in [-0.1, -0.05) is 39.4 Å². The highest BCUT2D eigenvalue weighted by molar-refractivity contribution is 9.10. The standard InChI is InChI=1S/C19H17BrN2O5S/c1-4-27-18(25)15-10(2)21-19-22(16(15)11-5-7-12(20)8-6-11)17(24)13(28-19)9-14(23)26-3/h5-9,16H,4H2,1-3H3. The third-order valence-electron chi connectivity index (χ3n) is 4.15. The number of esters is 2. The zero-order valence-corrected chi connectivity index (χ0v) is 17.8. The SMILES string of the molecule is CCOC(=O)C1=C(C)N=c2sc(=CC(=O)OC)c(=O)n2C1c1ccc(Br)cc1. The molecular formula is C19H17BrN2O5S. The van der Waals surface area contributed by atoms with Gasteiger partial charge in [0.25, 0.3) is 5.56 Å². The summed E-state index contributed by atoms with van der Waals surface area (Å²) in [4.78, 5) is 42.1. The third-order valence-corrected chi connectivity index (χ3v) is 5.66. The molecule has 9 heteroatoms. The second-order valence-electron chi connectivity index (χ2n) is 5.88. The van der Waals surface area contributed by atoms with E-state index in [-0.39, 0.29) is 11.1 Å². The normalized spacial score (nSPS) is 16.4. The molecule has 0 fully saturated rings. The molecule has 0 bridgehead atoms. The molecular weight excluding hydrogens is 448 g/mol. The van der Waals surface area contributed by atoms with Crippen LogP contribution in [0.2, 0.25) is 0 Å². The van der Waals surface area contributed by atoms with Gasteiger partial charge in [-0.2, -0.15) is 0 Å². The number of hydrogen-bond donors (Lipinski definition) is 0. The van der Waals surface area contributed by atoms with Crippen LogP contribution in [0.5, 0.6) is 0 Å². The van der Waals surface area contributed by atoms with Crippen LogP contribution in [-0.4, -0.2) is 30.2 Å². The van der Waals surface area contributed by atoms with Crippen molar-refractivity contribution in [3.63, 3.8) is 0 Å². The van der Waals surface area contributed by atoms with Gasteiger partial charge >= 0.3 is 11.9 Å². The van der Waals surface area contributed by atoms with Crippen LogP contribution in [0.1, 0.15) is 25.5 Å². The highest BCUT2D eigenvalue weighted by Crippen LogP contribution is 2.31. The van der Waals surface area contributed by atoms with Gasteiger partial charge in [0.2, 0.25) is 0 Å². The first-order valence-electron chi connectivity index (χ1n) is 8.40. The monoisotopic (exact) mass is 464 g/mol. The second kappa shape index (κ2) is 8.24. The molecule has 1 aromatic carbocycles. The quantitative estimate of drug-likeness (QED) is 0.642. The van der Waals surface area contributed by atoms with Crippen LogP contribution >= 0.6 is 27.3 Å². The fourth-order valence-corrected chi connectivity index (χ4v) is 4.19. The molecule has 0 spiro atoms. The van der Waals surface area contributed by atoms with E-state index >= 15 is 0 Å². The predicted octanol–water partition coefficient (Wildman–Crippen LogP) is 1.69. The van der Waals surface area contributed by atoms with Crippen LogP contribution in [0.25, 0.3) is 6.08 Å². The summed E-state index contributed by atoms with van der Waals surface area (Å²) in [5, 5.41) is 0. The zero-order valence-electron chi connectivity index (χ0n) is 15.4. The average molecular weight is 465 g/mol. The number of allylic oxidation sites excluding steroid dienone is 1. The topological polar surface area (TPSA) is 87.0 Å². The Balaban J connectivity index is 2.30. The maximum absolute atomic E-state index is 13.0. The average Bonchev–Trinajstić information content (AvgIpc) is 2.96. The molecule has 3 rings (SSSR count). The van der Waals surface area contributed by atoms with Crippen LogP contribution in [0.4, 0.5) is 0 Å². The minimum Gasteiger partial charge on any atom is -0.466 e. The van der Waals surface area contributed by atoms with Crippen molar-refractivity contribution in [3.8, 4) is 0 Å². The molecule has 2 heterocycles. The number of ether oxygens (including phenoxy) is 2. The number of rotatable bonds is 4. The molecule has 0 N–H and O–H groups in total. The van der Waals surface area contributed by atoms with E-state index in [1.165, 1.54) is 11.7 Å². The van der Waals surface area contributed by atoms with Crippen LogP contribution in [0, 0.1) is 0 Å². The van der Waals surface area contributed by atoms with Crippen molar-refractivity contribution in [2.45, 2.75) is 19.9 Å². The number of nitrogens with zero attached hydrogens (tertiary/aromatic N) is 2. The Hall–Kier alpha value is -2.52. The van der Waals surface area contributed by atoms with Crippen LogP contribution in [0.15, 0.2) is 49.8 Å². The zero-order chi connectivity index (χ0) is 20.4. The number of hydrogen-bond acceptors (Lipinski definition) is 7. The highest BCUT2D eigenvalue weighted by Gasteiger charge is 2.33. The fourth-order valence-electron chi connectivity index (χ4n) is 2.92. The predicted molar refractivity (Wildman–Crippen MR) is 107 cm³/mol. The maximum Gasteiger partial charge on any atom is 0.338 e. The Bertz CT molecular complexity index is 1140. The number of halogens is 1. The van der Waals surface area contributed by atoms with E-state index in [9.17, 15) is 14.4 Å². The van der Waals surface area contributed by atoms with E-state index in [4.69, 9.17) is 4.74 Å². The van der Waals surface area contributed by atoms with Crippen molar-refractivity contribution >= 4 is 45.3 Å². The Labute approximate surface area is 172 Å². The molecule has 1 aromatic heterocycles. The van der Waals surface area contributed by atoms with Gasteiger partial charge in [-0.3, -0.25) is 9.36 Å². The summed E-state index contributed by atoms with van der Waals surface area (Å²) in [6.07, 6.45) is 1.13. The van der Waals surface area contributed by atoms with E-state index in [1.54, 1.807) is 13.8 Å². The summed E-state index contributed by atoms with van der Waals surface area (Å²) < 4.78 is 12.3. The van der Waals surface area contributed by atoms with Crippen molar-refractivity contribution in [3.05, 3.63) is 65.3 Å². The lowest BCUT2D eigenvalue weighted by molar-refractivity contribution is -0.139. The lowest BCUT2D eigenvalue weighted by Gasteiger charge is -2.24. The summed E-state index contributed by atoms with van der Waals surface area (Å²) in [5.74, 6) is -1.16. The van der Waals surface area contributed by atoms with E-state index in [0.29, 0.717) is 16.1 Å². The molecule has 146 valence electrons. The maximum atomic E-state index is 13.0. The molecule has 0 aliphatic carbocycles. The van der Waals surface area contributed by atoms with Gasteiger partial charge in [0.1, 0.15) is 4.53 Å². The second-order valence-corrected chi connectivity index (χ2v) is 7.80. The molecule has 0 amide bonds. The Morgan fingerprint density at radius 1 is 1.32 bits per heavy atom. The van der Waals surface area contributed by atoms with Crippen molar-refractivity contribution < 1.29 is 19.1 Å². The minimum atomic E-state index is -0.705. The molecule has 2 aromatic rings. The smallest absolute Gasteiger partial charge is 0.338 e. The molecule has 1 atom stereocenters. The molecule has 0 saturated carbocycles. The number of carbonyl (C=O) groups is 2. The van der Waals surface area contributed by atoms with Crippen molar-refractivity contribution in [1.29, 1.82) is 0 Å². The van der Waals surface area contributed by atoms with Gasteiger partial charge in [-0.05, 0) is 31.5 Å². The number of aromatic nitrogens is 1. The summed E-state index contributed by atoms with van der Waals surface area (Å²) >= 11 is 4.46. The van der Waals surface area contributed by atoms with Gasteiger partial charge in [0.15, 0.2) is 4.80 Å².